The van der Waals surface area contributed by atoms with Gasteiger partial charge in [-0.1, -0.05) is 0 Å². The zero-order chi connectivity index (χ0) is 10.2. The van der Waals surface area contributed by atoms with Crippen molar-refractivity contribution in [2.75, 3.05) is 40.0 Å². The van der Waals surface area contributed by atoms with Gasteiger partial charge in [0.05, 0.1) is 25.7 Å². The fourth-order valence-electron chi connectivity index (χ4n) is 1.55. The first-order chi connectivity index (χ1) is 6.84. The van der Waals surface area contributed by atoms with Crippen LogP contribution in [-0.4, -0.2) is 50.8 Å². The van der Waals surface area contributed by atoms with Gasteiger partial charge in [-0.05, 0) is 12.8 Å². The van der Waals surface area contributed by atoms with E-state index in [4.69, 9.17) is 14.9 Å². The molecule has 0 bridgehead atoms. The van der Waals surface area contributed by atoms with E-state index in [1.54, 1.807) is 7.11 Å². The number of hydrogen-bond acceptors (Lipinski definition) is 3. The summed E-state index contributed by atoms with van der Waals surface area (Å²) in [6.45, 7) is 3.87. The van der Waals surface area contributed by atoms with Crippen LogP contribution in [-0.2, 0) is 9.47 Å². The standard InChI is InChI=1S/C10H20N2O2/c1-13-8-9-14-7-6-12-5-3-2-4-10(12)11/h11H,2-9H2,1H3. The maximum absolute atomic E-state index is 7.71. The van der Waals surface area contributed by atoms with Crippen molar-refractivity contribution in [3.63, 3.8) is 0 Å². The lowest BCUT2D eigenvalue weighted by Gasteiger charge is -2.29. The molecule has 14 heavy (non-hydrogen) atoms. The number of nitrogens with zero attached hydrogens (tertiary/aromatic N) is 1. The van der Waals surface area contributed by atoms with Gasteiger partial charge in [0.2, 0.25) is 0 Å². The fourth-order valence-corrected chi connectivity index (χ4v) is 1.55. The van der Waals surface area contributed by atoms with Gasteiger partial charge < -0.3 is 14.4 Å². The third-order valence-corrected chi connectivity index (χ3v) is 2.41. The molecule has 4 nitrogen and oxygen atoms in total. The second-order valence-corrected chi connectivity index (χ2v) is 3.50. The van der Waals surface area contributed by atoms with E-state index in [0.29, 0.717) is 19.8 Å². The Labute approximate surface area is 85.7 Å². The molecule has 0 amide bonds. The molecular weight excluding hydrogens is 180 g/mol. The van der Waals surface area contributed by atoms with Crippen molar-refractivity contribution in [2.24, 2.45) is 0 Å². The lowest BCUT2D eigenvalue weighted by Crippen LogP contribution is -2.37. The van der Waals surface area contributed by atoms with Crippen molar-refractivity contribution in [3.8, 4) is 0 Å². The summed E-state index contributed by atoms with van der Waals surface area (Å²) in [4.78, 5) is 2.11. The van der Waals surface area contributed by atoms with Crippen molar-refractivity contribution in [1.29, 1.82) is 5.41 Å². The smallest absolute Gasteiger partial charge is 0.0958 e. The van der Waals surface area contributed by atoms with Crippen LogP contribution in [0.5, 0.6) is 0 Å². The van der Waals surface area contributed by atoms with Gasteiger partial charge in [-0.25, -0.2) is 0 Å². The Hall–Kier alpha value is -0.610. The Kier molecular flexibility index (Phi) is 5.56. The largest absolute Gasteiger partial charge is 0.382 e. The number of rotatable bonds is 6. The molecule has 1 N–H and O–H groups in total. The molecule has 0 saturated carbocycles. The molecule has 0 aliphatic carbocycles. The Balaban J connectivity index is 2.02. The molecule has 0 aromatic carbocycles. The van der Waals surface area contributed by atoms with Gasteiger partial charge in [0.1, 0.15) is 0 Å². The van der Waals surface area contributed by atoms with Crippen LogP contribution in [0, 0.1) is 5.41 Å². The van der Waals surface area contributed by atoms with Crippen LogP contribution in [0.1, 0.15) is 19.3 Å². The molecule has 1 aliphatic heterocycles. The highest BCUT2D eigenvalue weighted by molar-refractivity contribution is 5.79. The summed E-state index contributed by atoms with van der Waals surface area (Å²) in [6, 6.07) is 0. The number of methoxy groups -OCH3 is 1. The highest BCUT2D eigenvalue weighted by Gasteiger charge is 2.13. The Morgan fingerprint density at radius 1 is 1.29 bits per heavy atom. The van der Waals surface area contributed by atoms with E-state index in [2.05, 4.69) is 4.90 Å². The van der Waals surface area contributed by atoms with Crippen LogP contribution < -0.4 is 0 Å². The van der Waals surface area contributed by atoms with Crippen LogP contribution in [0.4, 0.5) is 0 Å². The van der Waals surface area contributed by atoms with Gasteiger partial charge in [-0.2, -0.15) is 0 Å². The summed E-state index contributed by atoms with van der Waals surface area (Å²) in [5, 5.41) is 7.71. The molecular formula is C10H20N2O2. The first kappa shape index (κ1) is 11.5. The molecule has 0 spiro atoms. The van der Waals surface area contributed by atoms with Crippen molar-refractivity contribution >= 4 is 5.84 Å². The average Bonchev–Trinajstić information content (AvgIpc) is 2.20. The van der Waals surface area contributed by atoms with Crippen LogP contribution in [0.15, 0.2) is 0 Å². The predicted molar refractivity (Wildman–Crippen MR) is 55.8 cm³/mol. The van der Waals surface area contributed by atoms with Crippen molar-refractivity contribution < 1.29 is 9.47 Å². The summed E-state index contributed by atoms with van der Waals surface area (Å²) >= 11 is 0. The molecule has 1 heterocycles. The van der Waals surface area contributed by atoms with Crippen LogP contribution in [0.2, 0.25) is 0 Å². The maximum atomic E-state index is 7.71. The number of piperidine rings is 1. The minimum absolute atomic E-state index is 0.650. The van der Waals surface area contributed by atoms with E-state index < -0.39 is 0 Å². The molecule has 0 radical (unpaired) electrons. The Morgan fingerprint density at radius 3 is 2.86 bits per heavy atom. The minimum Gasteiger partial charge on any atom is -0.382 e. The average molecular weight is 200 g/mol. The molecule has 0 aromatic rings. The van der Waals surface area contributed by atoms with Gasteiger partial charge in [-0.3, -0.25) is 5.41 Å². The highest BCUT2D eigenvalue weighted by atomic mass is 16.5. The minimum atomic E-state index is 0.650. The molecule has 4 heteroatoms. The lowest BCUT2D eigenvalue weighted by molar-refractivity contribution is 0.0638. The van der Waals surface area contributed by atoms with E-state index in [1.165, 1.54) is 12.8 Å². The lowest BCUT2D eigenvalue weighted by atomic mass is 10.1. The van der Waals surface area contributed by atoms with Crippen LogP contribution in [0.25, 0.3) is 0 Å². The summed E-state index contributed by atoms with van der Waals surface area (Å²) in [7, 11) is 1.67. The summed E-state index contributed by atoms with van der Waals surface area (Å²) in [5.41, 5.74) is 0. The van der Waals surface area contributed by atoms with Gasteiger partial charge in [0, 0.05) is 26.6 Å². The second-order valence-electron chi connectivity index (χ2n) is 3.50. The topological polar surface area (TPSA) is 45.6 Å². The molecule has 82 valence electrons. The molecule has 1 aliphatic rings. The first-order valence-corrected chi connectivity index (χ1v) is 5.23. The summed E-state index contributed by atoms with van der Waals surface area (Å²) in [6.07, 6.45) is 3.30. The maximum Gasteiger partial charge on any atom is 0.0958 e. The van der Waals surface area contributed by atoms with E-state index in [9.17, 15) is 0 Å². The van der Waals surface area contributed by atoms with E-state index >= 15 is 0 Å². The first-order valence-electron chi connectivity index (χ1n) is 5.23. The van der Waals surface area contributed by atoms with Gasteiger partial charge in [0.25, 0.3) is 0 Å². The quantitative estimate of drug-likeness (QED) is 0.653. The van der Waals surface area contributed by atoms with Crippen molar-refractivity contribution in [3.05, 3.63) is 0 Å². The van der Waals surface area contributed by atoms with E-state index in [1.807, 2.05) is 0 Å². The third-order valence-electron chi connectivity index (χ3n) is 2.41. The number of likely N-dealkylation sites (tertiary alicyclic amines) is 1. The van der Waals surface area contributed by atoms with Crippen LogP contribution in [0.3, 0.4) is 0 Å². The predicted octanol–water partition coefficient (Wildman–Crippen LogP) is 1.11. The second kappa shape index (κ2) is 6.79. The van der Waals surface area contributed by atoms with Gasteiger partial charge in [0.15, 0.2) is 0 Å². The monoisotopic (exact) mass is 200 g/mol. The van der Waals surface area contributed by atoms with Crippen molar-refractivity contribution in [2.45, 2.75) is 19.3 Å². The summed E-state index contributed by atoms with van der Waals surface area (Å²) < 4.78 is 10.2. The number of hydrogen-bond donors (Lipinski definition) is 1. The zero-order valence-electron chi connectivity index (χ0n) is 8.92. The molecule has 1 saturated heterocycles. The van der Waals surface area contributed by atoms with E-state index in [-0.39, 0.29) is 0 Å². The molecule has 1 rings (SSSR count). The Bertz CT molecular complexity index is 174. The number of ether oxygens (including phenoxy) is 2. The van der Waals surface area contributed by atoms with Crippen LogP contribution >= 0.6 is 0 Å². The van der Waals surface area contributed by atoms with E-state index in [0.717, 1.165) is 25.3 Å². The molecule has 0 aromatic heterocycles. The van der Waals surface area contributed by atoms with Gasteiger partial charge in [-0.15, -0.1) is 0 Å². The third kappa shape index (κ3) is 4.07. The fraction of sp³-hybridized carbons (Fsp3) is 0.900. The Morgan fingerprint density at radius 2 is 2.14 bits per heavy atom. The molecule has 1 fully saturated rings. The SMILES string of the molecule is COCCOCCN1CCCCC1=N. The number of nitrogens with one attached hydrogen (secondary N) is 1. The van der Waals surface area contributed by atoms with Gasteiger partial charge >= 0.3 is 0 Å². The number of amidine groups is 1. The highest BCUT2D eigenvalue weighted by Crippen LogP contribution is 2.09. The zero-order valence-corrected chi connectivity index (χ0v) is 8.92. The molecule has 0 atom stereocenters. The summed E-state index contributed by atoms with van der Waals surface area (Å²) in [5.74, 6) is 0.770. The molecule has 0 unspecified atom stereocenters. The normalized spacial score (nSPS) is 17.5. The van der Waals surface area contributed by atoms with Crippen molar-refractivity contribution in [1.82, 2.24) is 4.90 Å².